The van der Waals surface area contributed by atoms with Crippen LogP contribution in [0, 0.1) is 5.41 Å². The lowest BCUT2D eigenvalue weighted by Gasteiger charge is -2.32. The first-order valence-electron chi connectivity index (χ1n) is 23.2. The average Bonchev–Trinajstić information content (AvgIpc) is 3.81. The molecule has 68 heavy (non-hydrogen) atoms. The fourth-order valence-corrected chi connectivity index (χ4v) is 9.62. The number of benzene rings is 1. The molecular formula is C49H67N11O7S. The summed E-state index contributed by atoms with van der Waals surface area (Å²) in [6.07, 6.45) is 4.86. The topological polar surface area (TPSA) is 201 Å². The van der Waals surface area contributed by atoms with Crippen molar-refractivity contribution >= 4 is 52.1 Å². The lowest BCUT2D eigenvalue weighted by atomic mass is 9.84. The van der Waals surface area contributed by atoms with Gasteiger partial charge in [-0.1, -0.05) is 26.5 Å². The number of nitrogens with zero attached hydrogens (tertiary/aromatic N) is 8. The smallest absolute Gasteiger partial charge is 0.353 e. The fourth-order valence-electron chi connectivity index (χ4n) is 8.83. The molecule has 366 valence electrons. The van der Waals surface area contributed by atoms with Gasteiger partial charge in [-0.3, -0.25) is 34.7 Å². The number of fused-ring (bicyclic) bond motifs is 4. The maximum absolute atomic E-state index is 14.5. The zero-order chi connectivity index (χ0) is 49.3. The minimum Gasteiger partial charge on any atom is -0.465 e. The number of nitrogens with two attached hydrogens (primary N) is 1. The Kier molecular flexibility index (Phi) is 17.2. The zero-order valence-electron chi connectivity index (χ0n) is 40.7. The number of carbonyl (C=O) groups is 5. The van der Waals surface area contributed by atoms with Crippen LogP contribution in [0.3, 0.4) is 0 Å². The van der Waals surface area contributed by atoms with Crippen molar-refractivity contribution in [3.05, 3.63) is 82.1 Å². The van der Waals surface area contributed by atoms with Gasteiger partial charge < -0.3 is 29.6 Å². The van der Waals surface area contributed by atoms with E-state index >= 15 is 0 Å². The van der Waals surface area contributed by atoms with Crippen molar-refractivity contribution in [2.24, 2.45) is 11.1 Å². The number of ether oxygens (including phenoxy) is 2. The highest BCUT2D eigenvalue weighted by molar-refractivity contribution is 7.09. The maximum Gasteiger partial charge on any atom is 0.353 e. The summed E-state index contributed by atoms with van der Waals surface area (Å²) in [7, 11) is 3.19. The Morgan fingerprint density at radius 1 is 1.06 bits per heavy atom. The van der Waals surface area contributed by atoms with Crippen LogP contribution >= 0.6 is 11.3 Å². The Balaban J connectivity index is 1.39. The number of aryl methyl sites for hydroxylation is 1. The number of pyridine rings is 1. The van der Waals surface area contributed by atoms with Crippen LogP contribution in [0.1, 0.15) is 89.6 Å². The molecule has 1 saturated heterocycles. The summed E-state index contributed by atoms with van der Waals surface area (Å²) in [4.78, 5) is 82.9. The summed E-state index contributed by atoms with van der Waals surface area (Å²) >= 11 is 1.34. The Labute approximate surface area is 403 Å². The monoisotopic (exact) mass is 953 g/mol. The van der Waals surface area contributed by atoms with E-state index < -0.39 is 23.4 Å². The summed E-state index contributed by atoms with van der Waals surface area (Å²) in [5, 5.41) is 5.95. The zero-order valence-corrected chi connectivity index (χ0v) is 41.5. The van der Waals surface area contributed by atoms with E-state index in [2.05, 4.69) is 61.0 Å². The molecule has 6 rings (SSSR count). The molecule has 0 unspecified atom stereocenters. The second kappa shape index (κ2) is 22.8. The third-order valence-electron chi connectivity index (χ3n) is 12.3. The van der Waals surface area contributed by atoms with E-state index in [0.717, 1.165) is 44.0 Å². The van der Waals surface area contributed by atoms with Gasteiger partial charge in [-0.15, -0.1) is 11.3 Å². The van der Waals surface area contributed by atoms with Gasteiger partial charge in [-0.2, -0.15) is 0 Å². The molecule has 1 aromatic carbocycles. The van der Waals surface area contributed by atoms with Crippen LogP contribution in [0.2, 0.25) is 0 Å². The minimum absolute atomic E-state index is 0.0509. The number of cyclic esters (lactones) is 1. The van der Waals surface area contributed by atoms with Crippen molar-refractivity contribution in [2.45, 2.75) is 92.8 Å². The van der Waals surface area contributed by atoms with Gasteiger partial charge in [-0.25, -0.2) is 25.0 Å². The molecular weight excluding hydrogens is 887 g/mol. The van der Waals surface area contributed by atoms with Gasteiger partial charge in [-0.05, 0) is 94.9 Å². The lowest BCUT2D eigenvalue weighted by Crippen LogP contribution is -2.57. The Hall–Kier alpha value is -6.15. The molecule has 0 saturated carbocycles. The number of thiazole rings is 1. The normalized spacial score (nSPS) is 16.8. The highest BCUT2D eigenvalue weighted by atomic mass is 32.1. The Bertz CT molecular complexity index is 2530. The molecule has 3 aromatic heterocycles. The van der Waals surface area contributed by atoms with E-state index in [1.165, 1.54) is 34.4 Å². The van der Waals surface area contributed by atoms with Crippen LogP contribution < -0.4 is 16.6 Å². The molecule has 2 aliphatic rings. The second-order valence-electron chi connectivity index (χ2n) is 18.1. The number of aromatic nitrogens is 3. The molecule has 6 amide bonds. The molecule has 1 fully saturated rings. The highest BCUT2D eigenvalue weighted by Crippen LogP contribution is 2.42. The van der Waals surface area contributed by atoms with Gasteiger partial charge in [0.25, 0.3) is 5.91 Å². The second-order valence-corrected chi connectivity index (χ2v) is 19.0. The number of urea groups is 2. The SMILES string of the molecule is C=CC(=O)N1CCCN(C(=O)N(C)C(C(=O)NN2Cc3nc(cs3)-c3ccc4c(c3)c(c(-c3cccnc3[C@H](C)OC)n4CC)CC(C)(C)COC(=O)CCCCN(NCN)C2=O)=C(C)C)CC1. The molecule has 4 aromatic rings. The third-order valence-corrected chi connectivity index (χ3v) is 13.1. The van der Waals surface area contributed by atoms with Crippen molar-refractivity contribution < 1.29 is 33.4 Å². The molecule has 2 aliphatic heterocycles. The third kappa shape index (κ3) is 11.7. The van der Waals surface area contributed by atoms with E-state index in [4.69, 9.17) is 25.2 Å². The number of carbonyl (C=O) groups excluding carboxylic acids is 5. The first-order chi connectivity index (χ1) is 32.5. The van der Waals surface area contributed by atoms with Gasteiger partial charge in [0.15, 0.2) is 0 Å². The van der Waals surface area contributed by atoms with Crippen molar-refractivity contribution in [3.63, 3.8) is 0 Å². The molecule has 19 heteroatoms. The van der Waals surface area contributed by atoms with Gasteiger partial charge in [0.2, 0.25) is 5.91 Å². The first kappa shape index (κ1) is 51.2. The van der Waals surface area contributed by atoms with Gasteiger partial charge in [0, 0.05) is 98.9 Å². The van der Waals surface area contributed by atoms with Crippen LogP contribution in [0.5, 0.6) is 0 Å². The molecule has 1 atom stereocenters. The summed E-state index contributed by atoms with van der Waals surface area (Å²) in [6, 6.07) is 9.24. The van der Waals surface area contributed by atoms with Gasteiger partial charge >= 0.3 is 18.0 Å². The quantitative estimate of drug-likeness (QED) is 0.0880. The molecule has 0 aliphatic carbocycles. The van der Waals surface area contributed by atoms with Crippen molar-refractivity contribution in [3.8, 4) is 22.5 Å². The molecule has 0 spiro atoms. The van der Waals surface area contributed by atoms with E-state index in [0.29, 0.717) is 68.1 Å². The standard InChI is InChI=1S/C49H67N11O7S/c1-10-41(61)56-21-15-22-57(25-24-56)47(64)55(8)44(32(3)4)46(63)54-60-28-40-53-38(29-68-40)34-18-19-39-36(26-34)37(45(58(39)11-2)35-16-14-20-51-43(35)33(5)66-9)27-49(6,7)30-67-42(62)17-12-13-23-59(48(60)65)52-31-50/h10,14,16,18-20,26,29,33,52H,1,11-13,15,17,21-25,27-28,30-31,50H2,2-9H3,(H,54,63)/t33-/m0/s1. The van der Waals surface area contributed by atoms with Gasteiger partial charge in [0.05, 0.1) is 43.0 Å². The lowest BCUT2D eigenvalue weighted by molar-refractivity contribution is -0.146. The largest absolute Gasteiger partial charge is 0.465 e. The highest BCUT2D eigenvalue weighted by Gasteiger charge is 2.33. The van der Waals surface area contributed by atoms with Crippen LogP contribution in [0.15, 0.2) is 65.8 Å². The van der Waals surface area contributed by atoms with Crippen molar-refractivity contribution in [2.75, 3.05) is 60.2 Å². The van der Waals surface area contributed by atoms with Crippen LogP contribution in [-0.2, 0) is 43.4 Å². The Morgan fingerprint density at radius 3 is 2.51 bits per heavy atom. The van der Waals surface area contributed by atoms with Gasteiger partial charge in [0.1, 0.15) is 10.7 Å². The average molecular weight is 954 g/mol. The number of likely N-dealkylation sites (N-methyl/N-ethyl adjacent to an activating group) is 1. The number of amides is 6. The van der Waals surface area contributed by atoms with E-state index in [9.17, 15) is 24.0 Å². The molecule has 4 N–H and O–H groups in total. The Morgan fingerprint density at radius 2 is 1.81 bits per heavy atom. The van der Waals surface area contributed by atoms with Crippen molar-refractivity contribution in [1.29, 1.82) is 0 Å². The number of esters is 1. The fraction of sp³-hybridized carbons (Fsp3) is 0.490. The predicted molar refractivity (Wildman–Crippen MR) is 262 cm³/mol. The molecule has 4 bridgehead atoms. The molecule has 18 nitrogen and oxygen atoms in total. The predicted octanol–water partition coefficient (Wildman–Crippen LogP) is 6.59. The van der Waals surface area contributed by atoms with Crippen LogP contribution in [0.25, 0.3) is 33.4 Å². The molecule has 0 radical (unpaired) electrons. The number of methoxy groups -OCH3 is 1. The number of hydrogen-bond donors (Lipinski definition) is 3. The summed E-state index contributed by atoms with van der Waals surface area (Å²) in [6.45, 7) is 17.6. The van der Waals surface area contributed by atoms with E-state index in [-0.39, 0.29) is 63.0 Å². The van der Waals surface area contributed by atoms with Crippen molar-refractivity contribution in [1.82, 2.24) is 50.1 Å². The number of rotatable bonds is 10. The first-order valence-corrected chi connectivity index (χ1v) is 24.1. The van der Waals surface area contributed by atoms with Crippen LogP contribution in [0.4, 0.5) is 9.59 Å². The number of hydrogen-bond acceptors (Lipinski definition) is 12. The number of allylic oxidation sites excluding steroid dienone is 1. The number of nitrogens with one attached hydrogen (secondary N) is 2. The molecule has 5 heterocycles. The summed E-state index contributed by atoms with van der Waals surface area (Å²) < 4.78 is 14.1. The minimum atomic E-state index is -0.692. The maximum atomic E-state index is 14.5. The number of hydrazine groups is 2. The van der Waals surface area contributed by atoms with Crippen LogP contribution in [-0.4, -0.2) is 129 Å². The summed E-state index contributed by atoms with van der Waals surface area (Å²) in [5.74, 6) is -1.24. The van der Waals surface area contributed by atoms with E-state index in [1.54, 1.807) is 37.0 Å². The van der Waals surface area contributed by atoms with E-state index in [1.807, 2.05) is 24.4 Å². The summed E-state index contributed by atoms with van der Waals surface area (Å²) in [5.41, 5.74) is 18.2.